The van der Waals surface area contributed by atoms with Crippen LogP contribution >= 0.6 is 0 Å². The molecule has 246 valence electrons. The predicted molar refractivity (Wildman–Crippen MR) is 220 cm³/mol. The first kappa shape index (κ1) is 29.4. The van der Waals surface area contributed by atoms with Crippen molar-refractivity contribution in [3.05, 3.63) is 188 Å². The largest absolute Gasteiger partial charge is 0.309 e. The SMILES string of the molecule is N#Cc1ccc2c(c1)c1c(ccc3c4ccccc4n(-c4cccc(-c5cccc(-n6c7ccccc7c7ccccc76)c5)c4)c31)n2-c1ccccc1. The lowest BCUT2D eigenvalue weighted by molar-refractivity contribution is 1.17. The number of benzene rings is 8. The lowest BCUT2D eigenvalue weighted by atomic mass is 10.0. The number of rotatable bonds is 4. The fourth-order valence-corrected chi connectivity index (χ4v) is 8.60. The molecule has 0 N–H and O–H groups in total. The van der Waals surface area contributed by atoms with Gasteiger partial charge in [-0.05, 0) is 90.0 Å². The molecule has 0 aliphatic rings. The topological polar surface area (TPSA) is 38.6 Å². The highest BCUT2D eigenvalue weighted by atomic mass is 15.0. The molecule has 0 aliphatic carbocycles. The number of nitrogens with zero attached hydrogens (tertiary/aromatic N) is 4. The van der Waals surface area contributed by atoms with Crippen molar-refractivity contribution in [2.75, 3.05) is 0 Å². The number of para-hydroxylation sites is 4. The van der Waals surface area contributed by atoms with Gasteiger partial charge in [-0.25, -0.2) is 0 Å². The normalized spacial score (nSPS) is 11.8. The Morgan fingerprint density at radius 2 is 0.830 bits per heavy atom. The summed E-state index contributed by atoms with van der Waals surface area (Å²) in [6.07, 6.45) is 0. The van der Waals surface area contributed by atoms with Gasteiger partial charge in [0.2, 0.25) is 0 Å². The van der Waals surface area contributed by atoms with E-state index in [-0.39, 0.29) is 0 Å². The fourth-order valence-electron chi connectivity index (χ4n) is 8.60. The monoisotopic (exact) mass is 674 g/mol. The van der Waals surface area contributed by atoms with Gasteiger partial charge in [0, 0.05) is 49.4 Å². The zero-order valence-electron chi connectivity index (χ0n) is 28.6. The van der Waals surface area contributed by atoms with E-state index in [1.54, 1.807) is 0 Å². The predicted octanol–water partition coefficient (Wildman–Crippen LogP) is 12.5. The average molecular weight is 675 g/mol. The smallest absolute Gasteiger partial charge is 0.0991 e. The first-order valence-corrected chi connectivity index (χ1v) is 17.9. The summed E-state index contributed by atoms with van der Waals surface area (Å²) in [5.41, 5.74) is 13.1. The summed E-state index contributed by atoms with van der Waals surface area (Å²) < 4.78 is 7.12. The van der Waals surface area contributed by atoms with Crippen LogP contribution in [0.25, 0.3) is 93.6 Å². The van der Waals surface area contributed by atoms with Crippen LogP contribution in [0.15, 0.2) is 182 Å². The van der Waals surface area contributed by atoms with Crippen molar-refractivity contribution in [2.45, 2.75) is 0 Å². The van der Waals surface area contributed by atoms with E-state index in [2.05, 4.69) is 190 Å². The Balaban J connectivity index is 1.17. The molecule has 4 nitrogen and oxygen atoms in total. The van der Waals surface area contributed by atoms with Crippen LogP contribution in [0.5, 0.6) is 0 Å². The second kappa shape index (κ2) is 11.3. The molecule has 53 heavy (non-hydrogen) atoms. The molecular weight excluding hydrogens is 645 g/mol. The Labute approximate surface area is 305 Å². The highest BCUT2D eigenvalue weighted by molar-refractivity contribution is 6.26. The van der Waals surface area contributed by atoms with E-state index in [1.165, 1.54) is 32.6 Å². The van der Waals surface area contributed by atoms with Crippen LogP contribution in [0, 0.1) is 11.3 Å². The van der Waals surface area contributed by atoms with Gasteiger partial charge in [-0.3, -0.25) is 0 Å². The van der Waals surface area contributed by atoms with Crippen molar-refractivity contribution in [3.63, 3.8) is 0 Å². The molecule has 0 aliphatic heterocycles. The molecule has 0 fully saturated rings. The van der Waals surface area contributed by atoms with E-state index in [0.29, 0.717) is 5.56 Å². The molecule has 3 heterocycles. The third-order valence-corrected chi connectivity index (χ3v) is 10.8. The highest BCUT2D eigenvalue weighted by Gasteiger charge is 2.21. The van der Waals surface area contributed by atoms with Crippen molar-refractivity contribution in [1.29, 1.82) is 5.26 Å². The first-order valence-electron chi connectivity index (χ1n) is 17.9. The van der Waals surface area contributed by atoms with Crippen LogP contribution in [-0.4, -0.2) is 13.7 Å². The molecule has 0 unspecified atom stereocenters. The minimum Gasteiger partial charge on any atom is -0.309 e. The molecule has 4 heteroatoms. The molecule has 0 radical (unpaired) electrons. The Morgan fingerprint density at radius 1 is 0.340 bits per heavy atom. The van der Waals surface area contributed by atoms with Gasteiger partial charge >= 0.3 is 0 Å². The summed E-state index contributed by atoms with van der Waals surface area (Å²) in [6.45, 7) is 0. The third kappa shape index (κ3) is 4.29. The van der Waals surface area contributed by atoms with E-state index < -0.39 is 0 Å². The van der Waals surface area contributed by atoms with E-state index in [4.69, 9.17) is 0 Å². The number of hydrogen-bond acceptors (Lipinski definition) is 1. The standard InChI is InChI=1S/C49H30N4/c50-31-32-24-26-46-42(28-32)48-47(51(46)35-14-2-1-3-15-35)27-25-41-40-20-6-9-23-45(40)53(49(41)48)37-17-11-13-34(30-37)33-12-10-16-36(29-33)52-43-21-7-4-18-38(43)39-19-5-8-22-44(39)52/h1-30H. The Morgan fingerprint density at radius 3 is 1.47 bits per heavy atom. The summed E-state index contributed by atoms with van der Waals surface area (Å²) in [4.78, 5) is 0. The Hall–Kier alpha value is -7.35. The molecule has 3 aromatic heterocycles. The molecule has 11 rings (SSSR count). The highest BCUT2D eigenvalue weighted by Crippen LogP contribution is 2.43. The summed E-state index contributed by atoms with van der Waals surface area (Å²) in [5, 5.41) is 17.1. The third-order valence-electron chi connectivity index (χ3n) is 10.8. The quantitative estimate of drug-likeness (QED) is 0.183. The molecule has 0 spiro atoms. The van der Waals surface area contributed by atoms with E-state index in [0.717, 1.165) is 61.0 Å². The van der Waals surface area contributed by atoms with Gasteiger partial charge in [0.1, 0.15) is 0 Å². The van der Waals surface area contributed by atoms with Gasteiger partial charge in [0.15, 0.2) is 0 Å². The zero-order valence-corrected chi connectivity index (χ0v) is 28.6. The minimum atomic E-state index is 0.648. The van der Waals surface area contributed by atoms with E-state index in [9.17, 15) is 5.26 Å². The molecule has 0 bridgehead atoms. The Bertz CT molecular complexity index is 3240. The van der Waals surface area contributed by atoms with Crippen molar-refractivity contribution >= 4 is 65.4 Å². The van der Waals surface area contributed by atoms with Crippen molar-refractivity contribution in [1.82, 2.24) is 13.7 Å². The zero-order chi connectivity index (χ0) is 35.0. The number of fused-ring (bicyclic) bond motifs is 10. The second-order valence-electron chi connectivity index (χ2n) is 13.7. The maximum atomic E-state index is 10.0. The van der Waals surface area contributed by atoms with Gasteiger partial charge in [-0.1, -0.05) is 103 Å². The van der Waals surface area contributed by atoms with Gasteiger partial charge in [0.25, 0.3) is 0 Å². The van der Waals surface area contributed by atoms with Gasteiger partial charge in [0.05, 0.1) is 44.7 Å². The van der Waals surface area contributed by atoms with Crippen LogP contribution in [0.2, 0.25) is 0 Å². The lowest BCUT2D eigenvalue weighted by Gasteiger charge is -2.13. The maximum absolute atomic E-state index is 10.0. The van der Waals surface area contributed by atoms with E-state index in [1.807, 2.05) is 12.1 Å². The number of aromatic nitrogens is 3. The molecule has 8 aromatic carbocycles. The van der Waals surface area contributed by atoms with Crippen molar-refractivity contribution < 1.29 is 0 Å². The van der Waals surface area contributed by atoms with Crippen molar-refractivity contribution in [3.8, 4) is 34.3 Å². The molecule has 0 saturated carbocycles. The van der Waals surface area contributed by atoms with Gasteiger partial charge in [-0.15, -0.1) is 0 Å². The first-order chi connectivity index (χ1) is 26.3. The van der Waals surface area contributed by atoms with E-state index >= 15 is 0 Å². The number of hydrogen-bond donors (Lipinski definition) is 0. The molecule has 0 atom stereocenters. The molecule has 0 saturated heterocycles. The van der Waals surface area contributed by atoms with Crippen molar-refractivity contribution in [2.24, 2.45) is 0 Å². The van der Waals surface area contributed by atoms with Crippen LogP contribution in [0.3, 0.4) is 0 Å². The maximum Gasteiger partial charge on any atom is 0.0991 e. The van der Waals surface area contributed by atoms with Gasteiger partial charge in [-0.2, -0.15) is 5.26 Å². The number of nitriles is 1. The summed E-state index contributed by atoms with van der Waals surface area (Å²) in [5.74, 6) is 0. The molecule has 11 aromatic rings. The lowest BCUT2D eigenvalue weighted by Crippen LogP contribution is -1.96. The summed E-state index contributed by atoms with van der Waals surface area (Å²) in [7, 11) is 0. The van der Waals surface area contributed by atoms with Gasteiger partial charge < -0.3 is 13.7 Å². The molecular formula is C49H30N4. The average Bonchev–Trinajstić information content (AvgIpc) is 3.86. The minimum absolute atomic E-state index is 0.648. The summed E-state index contributed by atoms with van der Waals surface area (Å²) >= 11 is 0. The van der Waals surface area contributed by atoms with Crippen LogP contribution in [0.1, 0.15) is 5.56 Å². The Kier molecular flexibility index (Phi) is 6.28. The van der Waals surface area contributed by atoms with Crippen LogP contribution < -0.4 is 0 Å². The van der Waals surface area contributed by atoms with Crippen LogP contribution in [0.4, 0.5) is 0 Å². The van der Waals surface area contributed by atoms with Crippen LogP contribution in [-0.2, 0) is 0 Å². The fraction of sp³-hybridized carbons (Fsp3) is 0. The second-order valence-corrected chi connectivity index (χ2v) is 13.7. The molecule has 0 amide bonds. The summed E-state index contributed by atoms with van der Waals surface area (Å²) in [6, 6.07) is 67.2.